The molecule has 3 atom stereocenters. The van der Waals surface area contributed by atoms with Crippen molar-refractivity contribution in [1.82, 2.24) is 20.4 Å². The van der Waals surface area contributed by atoms with Crippen molar-refractivity contribution in [3.63, 3.8) is 0 Å². The lowest BCUT2D eigenvalue weighted by atomic mass is 9.80. The van der Waals surface area contributed by atoms with Gasteiger partial charge in [-0.3, -0.25) is 19.4 Å². The number of hydrogen-bond acceptors (Lipinski definition) is 5. The molecular weight excluding hydrogens is 568 g/mol. The first-order valence-electron chi connectivity index (χ1n) is 16.3. The highest BCUT2D eigenvalue weighted by Crippen LogP contribution is 2.31. The second kappa shape index (κ2) is 15.7. The van der Waals surface area contributed by atoms with E-state index in [1.807, 2.05) is 95.3 Å². The second-order valence-corrected chi connectivity index (χ2v) is 14.4. The molecule has 0 bridgehead atoms. The van der Waals surface area contributed by atoms with Crippen molar-refractivity contribution in [2.45, 2.75) is 110 Å². The van der Waals surface area contributed by atoms with Crippen molar-refractivity contribution in [1.29, 1.82) is 0 Å². The van der Waals surface area contributed by atoms with Gasteiger partial charge in [0.25, 0.3) is 0 Å². The molecule has 1 heterocycles. The van der Waals surface area contributed by atoms with Crippen molar-refractivity contribution in [3.05, 3.63) is 71.8 Å². The number of aliphatic hydroxyl groups is 1. The minimum Gasteiger partial charge on any atom is -0.465 e. The van der Waals surface area contributed by atoms with Crippen LogP contribution in [0.5, 0.6) is 0 Å². The Labute approximate surface area is 269 Å². The Morgan fingerprint density at radius 1 is 0.889 bits per heavy atom. The fourth-order valence-corrected chi connectivity index (χ4v) is 6.24. The number of nitrogens with one attached hydrogen (secondary N) is 2. The molecule has 9 heteroatoms. The molecule has 0 saturated carbocycles. The molecule has 3 rings (SSSR count). The zero-order valence-corrected chi connectivity index (χ0v) is 28.1. The van der Waals surface area contributed by atoms with Crippen LogP contribution in [0.1, 0.15) is 78.9 Å². The number of rotatable bonds is 13. The molecule has 0 spiro atoms. The zero-order chi connectivity index (χ0) is 33.4. The molecule has 4 N–H and O–H groups in total. The Bertz CT molecular complexity index is 1240. The minimum absolute atomic E-state index is 0.0114. The van der Waals surface area contributed by atoms with E-state index in [2.05, 4.69) is 29.4 Å². The van der Waals surface area contributed by atoms with Crippen LogP contribution in [0, 0.1) is 11.8 Å². The first kappa shape index (κ1) is 36.0. The smallest absolute Gasteiger partial charge is 0.408 e. The molecule has 1 aliphatic rings. The third-order valence-electron chi connectivity index (χ3n) is 8.53. The first-order chi connectivity index (χ1) is 21.1. The normalized spacial score (nSPS) is 17.4. The first-order valence-corrected chi connectivity index (χ1v) is 16.3. The van der Waals surface area contributed by atoms with Gasteiger partial charge in [0, 0.05) is 25.2 Å². The van der Waals surface area contributed by atoms with Crippen LogP contribution in [0.4, 0.5) is 4.79 Å². The summed E-state index contributed by atoms with van der Waals surface area (Å²) < 4.78 is 0. The molecular formula is C36H54N4O5. The van der Waals surface area contributed by atoms with Gasteiger partial charge in [0.1, 0.15) is 6.04 Å². The number of carbonyl (C=O) groups excluding carboxylic acids is 2. The number of benzene rings is 2. The summed E-state index contributed by atoms with van der Waals surface area (Å²) in [4.78, 5) is 43.2. The van der Waals surface area contributed by atoms with Gasteiger partial charge in [-0.1, -0.05) is 88.4 Å². The Kier molecular flexibility index (Phi) is 12.6. The maximum atomic E-state index is 14.0. The number of likely N-dealkylation sites (tertiary alicyclic amines) is 1. The standard InChI is InChI=1S/C36H54N4O5/c1-25(2)22-29(32(41)38-35(5,6)7)39-20-18-36(45,19-21-39)30(23-27-14-10-8-11-15-27)37-33(42)31(26(3)4)40(34(43)44)24-28-16-12-9-13-17-28/h8-17,25-26,29-31,45H,18-24H2,1-7H3,(H,37,42)(H,38,41)(H,43,44)/t29-,30-,31-/m0/s1. The summed E-state index contributed by atoms with van der Waals surface area (Å²) in [5.41, 5.74) is 0.142. The maximum absolute atomic E-state index is 14.0. The van der Waals surface area contributed by atoms with Gasteiger partial charge in [-0.15, -0.1) is 0 Å². The van der Waals surface area contributed by atoms with Crippen LogP contribution in [0.3, 0.4) is 0 Å². The Morgan fingerprint density at radius 3 is 1.89 bits per heavy atom. The van der Waals surface area contributed by atoms with Gasteiger partial charge in [0.05, 0.1) is 17.7 Å². The molecule has 0 unspecified atom stereocenters. The predicted octanol–water partition coefficient (Wildman–Crippen LogP) is 5.08. The van der Waals surface area contributed by atoms with Gasteiger partial charge in [-0.25, -0.2) is 4.79 Å². The number of hydrogen-bond donors (Lipinski definition) is 4. The van der Waals surface area contributed by atoms with E-state index in [9.17, 15) is 24.6 Å². The third kappa shape index (κ3) is 10.6. The summed E-state index contributed by atoms with van der Waals surface area (Å²) in [7, 11) is 0. The van der Waals surface area contributed by atoms with Crippen LogP contribution in [0.15, 0.2) is 60.7 Å². The second-order valence-electron chi connectivity index (χ2n) is 14.4. The number of nitrogens with zero attached hydrogens (tertiary/aromatic N) is 2. The summed E-state index contributed by atoms with van der Waals surface area (Å²) in [5, 5.41) is 28.6. The summed E-state index contributed by atoms with van der Waals surface area (Å²) in [5.74, 6) is -0.436. The van der Waals surface area contributed by atoms with Crippen LogP contribution in [-0.4, -0.2) is 80.3 Å². The van der Waals surface area contributed by atoms with Crippen molar-refractivity contribution >= 4 is 17.9 Å². The van der Waals surface area contributed by atoms with Crippen molar-refractivity contribution in [2.75, 3.05) is 13.1 Å². The molecule has 9 nitrogen and oxygen atoms in total. The third-order valence-corrected chi connectivity index (χ3v) is 8.53. The summed E-state index contributed by atoms with van der Waals surface area (Å²) >= 11 is 0. The topological polar surface area (TPSA) is 122 Å². The summed E-state index contributed by atoms with van der Waals surface area (Å²) in [6.45, 7) is 14.9. The van der Waals surface area contributed by atoms with E-state index in [4.69, 9.17) is 0 Å². The predicted molar refractivity (Wildman–Crippen MR) is 178 cm³/mol. The van der Waals surface area contributed by atoms with Gasteiger partial charge in [-0.2, -0.15) is 0 Å². The van der Waals surface area contributed by atoms with E-state index < -0.39 is 29.7 Å². The van der Waals surface area contributed by atoms with E-state index >= 15 is 0 Å². The van der Waals surface area contributed by atoms with Crippen LogP contribution >= 0.6 is 0 Å². The zero-order valence-electron chi connectivity index (χ0n) is 28.1. The van der Waals surface area contributed by atoms with Gasteiger partial charge in [0.15, 0.2) is 0 Å². The van der Waals surface area contributed by atoms with Gasteiger partial charge in [0.2, 0.25) is 11.8 Å². The average Bonchev–Trinajstić information content (AvgIpc) is 2.95. The molecule has 1 fully saturated rings. The fourth-order valence-electron chi connectivity index (χ4n) is 6.24. The van der Waals surface area contributed by atoms with E-state index in [0.717, 1.165) is 11.1 Å². The molecule has 3 amide bonds. The van der Waals surface area contributed by atoms with E-state index in [1.54, 1.807) is 0 Å². The highest BCUT2D eigenvalue weighted by molar-refractivity contribution is 5.86. The molecule has 0 aromatic heterocycles. The van der Waals surface area contributed by atoms with Crippen LogP contribution < -0.4 is 10.6 Å². The monoisotopic (exact) mass is 622 g/mol. The minimum atomic E-state index is -1.25. The SMILES string of the molecule is CC(C)C[C@@H](C(=O)NC(C)(C)C)N1CCC(O)([C@H](Cc2ccccc2)NC(=O)[C@H](C(C)C)N(Cc2ccccc2)C(=O)O)CC1. The van der Waals surface area contributed by atoms with Crippen molar-refractivity contribution < 1.29 is 24.6 Å². The molecule has 0 radical (unpaired) electrons. The van der Waals surface area contributed by atoms with Gasteiger partial charge >= 0.3 is 6.09 Å². The maximum Gasteiger partial charge on any atom is 0.408 e. The molecule has 2 aromatic rings. The Hall–Kier alpha value is -3.43. The van der Waals surface area contributed by atoms with Crippen LogP contribution in [-0.2, 0) is 22.6 Å². The number of piperidine rings is 1. The summed E-state index contributed by atoms with van der Waals surface area (Å²) in [6, 6.07) is 17.0. The average molecular weight is 623 g/mol. The van der Waals surface area contributed by atoms with Gasteiger partial charge < -0.3 is 20.8 Å². The largest absolute Gasteiger partial charge is 0.465 e. The summed E-state index contributed by atoms with van der Waals surface area (Å²) in [6.07, 6.45) is 0.638. The van der Waals surface area contributed by atoms with Crippen LogP contribution in [0.25, 0.3) is 0 Å². The van der Waals surface area contributed by atoms with E-state index in [-0.39, 0.29) is 30.0 Å². The molecule has 1 saturated heterocycles. The van der Waals surface area contributed by atoms with E-state index in [0.29, 0.717) is 44.7 Å². The highest BCUT2D eigenvalue weighted by Gasteiger charge is 2.44. The van der Waals surface area contributed by atoms with E-state index in [1.165, 1.54) is 4.90 Å². The molecule has 0 aliphatic carbocycles. The Morgan fingerprint density at radius 2 is 1.42 bits per heavy atom. The number of amides is 3. The lowest BCUT2D eigenvalue weighted by Crippen LogP contribution is -2.63. The van der Waals surface area contributed by atoms with Crippen molar-refractivity contribution in [2.24, 2.45) is 11.8 Å². The highest BCUT2D eigenvalue weighted by atomic mass is 16.4. The van der Waals surface area contributed by atoms with Crippen molar-refractivity contribution in [3.8, 4) is 0 Å². The quantitative estimate of drug-likeness (QED) is 0.247. The lowest BCUT2D eigenvalue weighted by Gasteiger charge is -2.46. The molecule has 248 valence electrons. The van der Waals surface area contributed by atoms with Crippen LogP contribution in [0.2, 0.25) is 0 Å². The fraction of sp³-hybridized carbons (Fsp3) is 0.583. The number of carbonyl (C=O) groups is 3. The Balaban J connectivity index is 1.86. The molecule has 1 aliphatic heterocycles. The molecule has 45 heavy (non-hydrogen) atoms. The number of carboxylic acid groups (broad SMARTS) is 1. The lowest BCUT2D eigenvalue weighted by molar-refractivity contribution is -0.134. The molecule has 2 aromatic carbocycles. The van der Waals surface area contributed by atoms with Gasteiger partial charge in [-0.05, 0) is 69.4 Å².